The van der Waals surface area contributed by atoms with Gasteiger partial charge in [0.1, 0.15) is 9.84 Å². The molecule has 1 aromatic carbocycles. The first-order chi connectivity index (χ1) is 9.30. The van der Waals surface area contributed by atoms with Crippen LogP contribution in [0.5, 0.6) is 0 Å². The van der Waals surface area contributed by atoms with Crippen LogP contribution in [0.2, 0.25) is 5.02 Å². The molecule has 20 heavy (non-hydrogen) atoms. The SMILES string of the molecule is Cc1c(Cl)cccc1C(N)C1CCCC(S(C)(=O)=O)C1. The van der Waals surface area contributed by atoms with Gasteiger partial charge < -0.3 is 5.73 Å². The summed E-state index contributed by atoms with van der Waals surface area (Å²) in [7, 11) is -2.97. The van der Waals surface area contributed by atoms with Crippen LogP contribution in [0.4, 0.5) is 0 Å². The van der Waals surface area contributed by atoms with E-state index in [-0.39, 0.29) is 17.2 Å². The van der Waals surface area contributed by atoms with E-state index in [1.54, 1.807) is 0 Å². The summed E-state index contributed by atoms with van der Waals surface area (Å²) in [5.41, 5.74) is 8.43. The smallest absolute Gasteiger partial charge is 0.150 e. The quantitative estimate of drug-likeness (QED) is 0.931. The summed E-state index contributed by atoms with van der Waals surface area (Å²) in [5.74, 6) is 0.209. The van der Waals surface area contributed by atoms with Crippen molar-refractivity contribution < 1.29 is 8.42 Å². The van der Waals surface area contributed by atoms with Crippen LogP contribution in [0.1, 0.15) is 42.9 Å². The molecule has 1 saturated carbocycles. The van der Waals surface area contributed by atoms with Gasteiger partial charge in [0.25, 0.3) is 0 Å². The second-order valence-corrected chi connectivity index (χ2v) is 8.59. The Morgan fingerprint density at radius 1 is 1.35 bits per heavy atom. The summed E-state index contributed by atoms with van der Waals surface area (Å²) < 4.78 is 23.5. The van der Waals surface area contributed by atoms with Gasteiger partial charge in [0.15, 0.2) is 0 Å². The summed E-state index contributed by atoms with van der Waals surface area (Å²) in [5, 5.41) is 0.472. The Hall–Kier alpha value is -0.580. The van der Waals surface area contributed by atoms with E-state index in [0.29, 0.717) is 11.4 Å². The zero-order valence-corrected chi connectivity index (χ0v) is 13.5. The van der Waals surface area contributed by atoms with Gasteiger partial charge in [-0.15, -0.1) is 0 Å². The topological polar surface area (TPSA) is 60.2 Å². The second kappa shape index (κ2) is 6.04. The predicted molar refractivity (Wildman–Crippen MR) is 83.7 cm³/mol. The monoisotopic (exact) mass is 315 g/mol. The van der Waals surface area contributed by atoms with Crippen LogP contribution >= 0.6 is 11.6 Å². The van der Waals surface area contributed by atoms with E-state index < -0.39 is 9.84 Å². The maximum Gasteiger partial charge on any atom is 0.150 e. The third-order valence-corrected chi connectivity index (χ3v) is 6.50. The standard InChI is InChI=1S/C15H22ClNO2S/c1-10-13(7-4-8-14(10)16)15(17)11-5-3-6-12(9-11)20(2,18)19/h4,7-8,11-12,15H,3,5-6,9,17H2,1-2H3. The molecule has 1 aliphatic rings. The van der Waals surface area contributed by atoms with Crippen molar-refractivity contribution >= 4 is 21.4 Å². The van der Waals surface area contributed by atoms with E-state index in [0.717, 1.165) is 30.4 Å². The first kappa shape index (κ1) is 15.8. The fraction of sp³-hybridized carbons (Fsp3) is 0.600. The van der Waals surface area contributed by atoms with Crippen LogP contribution in [0.15, 0.2) is 18.2 Å². The molecule has 112 valence electrons. The van der Waals surface area contributed by atoms with E-state index >= 15 is 0 Å². The highest BCUT2D eigenvalue weighted by atomic mass is 35.5. The number of rotatable bonds is 3. The molecule has 3 atom stereocenters. The molecule has 3 unspecified atom stereocenters. The van der Waals surface area contributed by atoms with Crippen molar-refractivity contribution in [1.29, 1.82) is 0 Å². The molecule has 1 aromatic rings. The fourth-order valence-electron chi connectivity index (χ4n) is 3.14. The third kappa shape index (κ3) is 3.35. The zero-order chi connectivity index (χ0) is 14.9. The molecule has 0 bridgehead atoms. The Morgan fingerprint density at radius 3 is 2.70 bits per heavy atom. The van der Waals surface area contributed by atoms with Gasteiger partial charge in [-0.2, -0.15) is 0 Å². The summed E-state index contributed by atoms with van der Waals surface area (Å²) in [6.45, 7) is 1.97. The molecule has 0 radical (unpaired) electrons. The average Bonchev–Trinajstić information content (AvgIpc) is 2.40. The minimum absolute atomic E-state index is 0.141. The number of hydrogen-bond acceptors (Lipinski definition) is 3. The Morgan fingerprint density at radius 2 is 2.05 bits per heavy atom. The molecule has 0 amide bonds. The van der Waals surface area contributed by atoms with Gasteiger partial charge >= 0.3 is 0 Å². The van der Waals surface area contributed by atoms with Gasteiger partial charge in [-0.05, 0) is 49.3 Å². The van der Waals surface area contributed by atoms with Crippen molar-refractivity contribution in [1.82, 2.24) is 0 Å². The molecule has 0 aromatic heterocycles. The highest BCUT2D eigenvalue weighted by Crippen LogP contribution is 2.37. The fourth-order valence-corrected chi connectivity index (χ4v) is 4.51. The lowest BCUT2D eigenvalue weighted by molar-refractivity contribution is 0.308. The van der Waals surface area contributed by atoms with Crippen molar-refractivity contribution in [3.8, 4) is 0 Å². The Balaban J connectivity index is 2.21. The van der Waals surface area contributed by atoms with E-state index in [9.17, 15) is 8.42 Å². The van der Waals surface area contributed by atoms with E-state index in [4.69, 9.17) is 17.3 Å². The number of halogens is 1. The Labute approximate surface area is 126 Å². The van der Waals surface area contributed by atoms with Crippen molar-refractivity contribution in [3.63, 3.8) is 0 Å². The minimum Gasteiger partial charge on any atom is -0.324 e. The molecule has 2 rings (SSSR count). The van der Waals surface area contributed by atoms with Crippen molar-refractivity contribution in [2.75, 3.05) is 6.26 Å². The summed E-state index contributed by atoms with van der Waals surface area (Å²) in [4.78, 5) is 0. The number of benzene rings is 1. The van der Waals surface area contributed by atoms with Crippen LogP contribution in [-0.2, 0) is 9.84 Å². The number of sulfone groups is 1. The van der Waals surface area contributed by atoms with Crippen molar-refractivity contribution in [2.24, 2.45) is 11.7 Å². The first-order valence-corrected chi connectivity index (χ1v) is 9.33. The maximum absolute atomic E-state index is 11.8. The largest absolute Gasteiger partial charge is 0.324 e. The lowest BCUT2D eigenvalue weighted by atomic mass is 9.80. The first-order valence-electron chi connectivity index (χ1n) is 7.00. The van der Waals surface area contributed by atoms with Crippen LogP contribution in [-0.4, -0.2) is 19.9 Å². The van der Waals surface area contributed by atoms with Crippen LogP contribution in [0.3, 0.4) is 0 Å². The lowest BCUT2D eigenvalue weighted by Gasteiger charge is -2.32. The minimum atomic E-state index is -2.97. The van der Waals surface area contributed by atoms with Gasteiger partial charge in [-0.3, -0.25) is 0 Å². The van der Waals surface area contributed by atoms with Gasteiger partial charge in [-0.1, -0.05) is 30.2 Å². The molecule has 5 heteroatoms. The number of nitrogens with two attached hydrogens (primary N) is 1. The molecule has 0 spiro atoms. The van der Waals surface area contributed by atoms with E-state index in [1.165, 1.54) is 6.26 Å². The summed E-state index contributed by atoms with van der Waals surface area (Å²) in [6, 6.07) is 5.61. The van der Waals surface area contributed by atoms with Crippen LogP contribution < -0.4 is 5.73 Å². The highest BCUT2D eigenvalue weighted by molar-refractivity contribution is 7.91. The average molecular weight is 316 g/mol. The Bertz CT molecular complexity index is 586. The molecule has 1 aliphatic carbocycles. The van der Waals surface area contributed by atoms with Crippen LogP contribution in [0, 0.1) is 12.8 Å². The maximum atomic E-state index is 11.8. The van der Waals surface area contributed by atoms with Crippen molar-refractivity contribution in [2.45, 2.75) is 43.9 Å². The summed E-state index contributed by atoms with van der Waals surface area (Å²) >= 11 is 6.15. The lowest BCUT2D eigenvalue weighted by Crippen LogP contribution is -2.33. The molecule has 3 nitrogen and oxygen atoms in total. The van der Waals surface area contributed by atoms with E-state index in [2.05, 4.69) is 0 Å². The van der Waals surface area contributed by atoms with Gasteiger partial charge in [0.05, 0.1) is 5.25 Å². The molecule has 2 N–H and O–H groups in total. The second-order valence-electron chi connectivity index (χ2n) is 5.86. The van der Waals surface area contributed by atoms with Gasteiger partial charge in [0.2, 0.25) is 0 Å². The third-order valence-electron chi connectivity index (χ3n) is 4.45. The van der Waals surface area contributed by atoms with Crippen LogP contribution in [0.25, 0.3) is 0 Å². The van der Waals surface area contributed by atoms with E-state index in [1.807, 2.05) is 25.1 Å². The van der Waals surface area contributed by atoms with Gasteiger partial charge in [0, 0.05) is 17.3 Å². The molecule has 0 saturated heterocycles. The number of hydrogen-bond donors (Lipinski definition) is 1. The molecule has 0 heterocycles. The normalized spacial score (nSPS) is 25.4. The molecular weight excluding hydrogens is 294 g/mol. The summed E-state index contributed by atoms with van der Waals surface area (Å²) in [6.07, 6.45) is 4.66. The van der Waals surface area contributed by atoms with Crippen molar-refractivity contribution in [3.05, 3.63) is 34.3 Å². The predicted octanol–water partition coefficient (Wildman–Crippen LogP) is 3.25. The molecule has 0 aliphatic heterocycles. The molecule has 1 fully saturated rings. The zero-order valence-electron chi connectivity index (χ0n) is 12.0. The molecular formula is C15H22ClNO2S. The Kier molecular flexibility index (Phi) is 4.77. The van der Waals surface area contributed by atoms with Gasteiger partial charge in [-0.25, -0.2) is 8.42 Å². The highest BCUT2D eigenvalue weighted by Gasteiger charge is 2.32.